The Balaban J connectivity index is 2.26. The van der Waals surface area contributed by atoms with Crippen molar-refractivity contribution in [1.82, 2.24) is 9.78 Å². The van der Waals surface area contributed by atoms with Crippen molar-refractivity contribution in [3.05, 3.63) is 45.4 Å². The molecule has 2 rings (SSSR count). The van der Waals surface area contributed by atoms with Gasteiger partial charge in [0.05, 0.1) is 29.1 Å². The highest BCUT2D eigenvalue weighted by Crippen LogP contribution is 2.29. The monoisotopic (exact) mass is 356 g/mol. The molecule has 0 amide bonds. The fraction of sp³-hybridized carbons (Fsp3) is 0.400. The quantitative estimate of drug-likeness (QED) is 0.894. The third-order valence-corrected chi connectivity index (χ3v) is 4.37. The lowest BCUT2D eigenvalue weighted by Gasteiger charge is -2.13. The molecule has 21 heavy (non-hydrogen) atoms. The third-order valence-electron chi connectivity index (χ3n) is 3.46. The predicted octanol–water partition coefficient (Wildman–Crippen LogP) is 3.17. The molecule has 1 aromatic heterocycles. The second-order valence-corrected chi connectivity index (χ2v) is 5.58. The zero-order valence-electron chi connectivity index (χ0n) is 12.2. The number of hydrogen-bond acceptors (Lipinski definition) is 3. The average Bonchev–Trinajstić information content (AvgIpc) is 2.74. The minimum atomic E-state index is -0.938. The highest BCUT2D eigenvalue weighted by molar-refractivity contribution is 9.10. The summed E-state index contributed by atoms with van der Waals surface area (Å²) in [6.45, 7) is 2.01. The molecule has 0 saturated carbocycles. The molecule has 1 N–H and O–H groups in total. The second-order valence-electron chi connectivity index (χ2n) is 4.79. The standard InChI is InChI=1S/C15H18BrFN2O2/c1-4-12-15(16)13(19(2)18-12)8-14(20)10-6-5-9(21-3)7-11(10)17/h5-7,14,20H,4,8H2,1-3H3. The first kappa shape index (κ1) is 16.0. The Hall–Kier alpha value is -1.40. The van der Waals surface area contributed by atoms with Gasteiger partial charge in [-0.15, -0.1) is 0 Å². The number of ether oxygens (including phenoxy) is 1. The molecule has 0 bridgehead atoms. The van der Waals surface area contributed by atoms with Crippen LogP contribution in [0.2, 0.25) is 0 Å². The van der Waals surface area contributed by atoms with Crippen LogP contribution >= 0.6 is 15.9 Å². The zero-order chi connectivity index (χ0) is 15.6. The van der Waals surface area contributed by atoms with Gasteiger partial charge in [0, 0.05) is 25.1 Å². The van der Waals surface area contributed by atoms with Crippen molar-refractivity contribution in [2.45, 2.75) is 25.9 Å². The summed E-state index contributed by atoms with van der Waals surface area (Å²) >= 11 is 3.50. The van der Waals surface area contributed by atoms with Gasteiger partial charge in [-0.05, 0) is 34.5 Å². The van der Waals surface area contributed by atoms with Gasteiger partial charge in [-0.25, -0.2) is 4.39 Å². The van der Waals surface area contributed by atoms with Crippen LogP contribution in [0.3, 0.4) is 0 Å². The molecule has 0 aliphatic carbocycles. The van der Waals surface area contributed by atoms with Crippen molar-refractivity contribution >= 4 is 15.9 Å². The Morgan fingerprint density at radius 3 is 2.71 bits per heavy atom. The molecule has 0 spiro atoms. The molecule has 1 unspecified atom stereocenters. The van der Waals surface area contributed by atoms with Crippen LogP contribution in [0.5, 0.6) is 5.75 Å². The molecule has 0 aliphatic rings. The number of aromatic nitrogens is 2. The predicted molar refractivity (Wildman–Crippen MR) is 81.9 cm³/mol. The average molecular weight is 357 g/mol. The van der Waals surface area contributed by atoms with Crippen molar-refractivity contribution in [1.29, 1.82) is 0 Å². The van der Waals surface area contributed by atoms with E-state index < -0.39 is 11.9 Å². The highest BCUT2D eigenvalue weighted by Gasteiger charge is 2.19. The Labute approximate surface area is 131 Å². The molecule has 0 fully saturated rings. The number of halogens is 2. The first-order valence-electron chi connectivity index (χ1n) is 6.69. The summed E-state index contributed by atoms with van der Waals surface area (Å²) in [5.74, 6) is -0.0470. The lowest BCUT2D eigenvalue weighted by molar-refractivity contribution is 0.170. The van der Waals surface area contributed by atoms with Crippen LogP contribution in [-0.2, 0) is 19.9 Å². The number of nitrogens with zero attached hydrogens (tertiary/aromatic N) is 2. The van der Waals surface area contributed by atoms with Crippen molar-refractivity contribution in [2.75, 3.05) is 7.11 Å². The van der Waals surface area contributed by atoms with Crippen LogP contribution < -0.4 is 4.74 Å². The molecular formula is C15H18BrFN2O2. The summed E-state index contributed by atoms with van der Waals surface area (Å²) in [7, 11) is 3.29. The Kier molecular flexibility index (Phi) is 5.00. The summed E-state index contributed by atoms with van der Waals surface area (Å²) < 4.78 is 21.5. The summed E-state index contributed by atoms with van der Waals surface area (Å²) in [5, 5.41) is 14.7. The normalized spacial score (nSPS) is 12.5. The molecule has 6 heteroatoms. The Bertz CT molecular complexity index is 643. The summed E-state index contributed by atoms with van der Waals surface area (Å²) in [6, 6.07) is 4.45. The van der Waals surface area contributed by atoms with Gasteiger partial charge in [-0.2, -0.15) is 5.10 Å². The van der Waals surface area contributed by atoms with Gasteiger partial charge in [-0.1, -0.05) is 6.92 Å². The number of aryl methyl sites for hydroxylation is 2. The summed E-state index contributed by atoms with van der Waals surface area (Å²) in [4.78, 5) is 0. The van der Waals surface area contributed by atoms with Gasteiger partial charge in [0.25, 0.3) is 0 Å². The molecule has 2 aromatic rings. The lowest BCUT2D eigenvalue weighted by atomic mass is 10.0. The van der Waals surface area contributed by atoms with E-state index in [4.69, 9.17) is 4.74 Å². The SMILES string of the molecule is CCc1nn(C)c(CC(O)c2ccc(OC)cc2F)c1Br. The van der Waals surface area contributed by atoms with E-state index in [1.807, 2.05) is 14.0 Å². The minimum Gasteiger partial charge on any atom is -0.497 e. The summed E-state index contributed by atoms with van der Waals surface area (Å²) in [5.41, 5.74) is 2.02. The van der Waals surface area contributed by atoms with Crippen molar-refractivity contribution in [3.63, 3.8) is 0 Å². The van der Waals surface area contributed by atoms with Gasteiger partial charge >= 0.3 is 0 Å². The van der Waals surface area contributed by atoms with Crippen LogP contribution in [0, 0.1) is 5.82 Å². The molecule has 4 nitrogen and oxygen atoms in total. The number of benzene rings is 1. The van der Waals surface area contributed by atoms with Gasteiger partial charge < -0.3 is 9.84 Å². The van der Waals surface area contributed by atoms with E-state index in [1.165, 1.54) is 13.2 Å². The minimum absolute atomic E-state index is 0.252. The van der Waals surface area contributed by atoms with E-state index in [0.29, 0.717) is 5.75 Å². The molecule has 0 radical (unpaired) electrons. The van der Waals surface area contributed by atoms with Crippen LogP contribution in [0.4, 0.5) is 4.39 Å². The van der Waals surface area contributed by atoms with Gasteiger partial charge in [0.2, 0.25) is 0 Å². The van der Waals surface area contributed by atoms with Crippen LogP contribution in [0.1, 0.15) is 30.0 Å². The maximum Gasteiger partial charge on any atom is 0.132 e. The zero-order valence-corrected chi connectivity index (χ0v) is 13.8. The molecular weight excluding hydrogens is 339 g/mol. The van der Waals surface area contributed by atoms with Crippen LogP contribution in [0.25, 0.3) is 0 Å². The fourth-order valence-electron chi connectivity index (χ4n) is 2.24. The third kappa shape index (κ3) is 3.27. The topological polar surface area (TPSA) is 47.3 Å². The number of aliphatic hydroxyl groups excluding tert-OH is 1. The van der Waals surface area contributed by atoms with E-state index in [2.05, 4.69) is 21.0 Å². The molecule has 114 valence electrons. The van der Waals surface area contributed by atoms with E-state index in [9.17, 15) is 9.50 Å². The van der Waals surface area contributed by atoms with E-state index in [-0.39, 0.29) is 12.0 Å². The molecule has 1 heterocycles. The van der Waals surface area contributed by atoms with E-state index in [1.54, 1.807) is 16.8 Å². The van der Waals surface area contributed by atoms with E-state index in [0.717, 1.165) is 22.3 Å². The highest BCUT2D eigenvalue weighted by atomic mass is 79.9. The second kappa shape index (κ2) is 6.58. The number of aliphatic hydroxyl groups is 1. The Morgan fingerprint density at radius 2 is 2.19 bits per heavy atom. The lowest BCUT2D eigenvalue weighted by Crippen LogP contribution is -2.08. The maximum atomic E-state index is 14.0. The van der Waals surface area contributed by atoms with Crippen molar-refractivity contribution in [2.24, 2.45) is 7.05 Å². The number of hydrogen-bond donors (Lipinski definition) is 1. The van der Waals surface area contributed by atoms with Gasteiger partial charge in [0.1, 0.15) is 11.6 Å². The van der Waals surface area contributed by atoms with Crippen LogP contribution in [0.15, 0.2) is 22.7 Å². The van der Waals surface area contributed by atoms with Crippen molar-refractivity contribution < 1.29 is 14.2 Å². The number of methoxy groups -OCH3 is 1. The maximum absolute atomic E-state index is 14.0. The number of rotatable bonds is 5. The summed E-state index contributed by atoms with van der Waals surface area (Å²) in [6.07, 6.45) is 0.140. The molecule has 0 aliphatic heterocycles. The van der Waals surface area contributed by atoms with Gasteiger partial charge in [0.15, 0.2) is 0 Å². The van der Waals surface area contributed by atoms with Crippen molar-refractivity contribution in [3.8, 4) is 5.75 Å². The smallest absolute Gasteiger partial charge is 0.132 e. The largest absolute Gasteiger partial charge is 0.497 e. The fourth-order valence-corrected chi connectivity index (χ4v) is 3.02. The van der Waals surface area contributed by atoms with Crippen LogP contribution in [-0.4, -0.2) is 22.0 Å². The molecule has 1 atom stereocenters. The molecule has 1 aromatic carbocycles. The first-order chi connectivity index (χ1) is 9.97. The Morgan fingerprint density at radius 1 is 1.48 bits per heavy atom. The first-order valence-corrected chi connectivity index (χ1v) is 7.49. The van der Waals surface area contributed by atoms with Gasteiger partial charge in [-0.3, -0.25) is 4.68 Å². The van der Waals surface area contributed by atoms with E-state index >= 15 is 0 Å². The molecule has 0 saturated heterocycles.